The Morgan fingerprint density at radius 1 is 1.04 bits per heavy atom. The molecule has 1 aliphatic carbocycles. The lowest BCUT2D eigenvalue weighted by molar-refractivity contribution is 0.102. The van der Waals surface area contributed by atoms with Crippen molar-refractivity contribution in [3.8, 4) is 11.5 Å². The topological polar surface area (TPSA) is 72.5 Å². The fourth-order valence-corrected chi connectivity index (χ4v) is 3.20. The molecule has 6 nitrogen and oxygen atoms in total. The van der Waals surface area contributed by atoms with E-state index in [1.165, 1.54) is 32.1 Å². The van der Waals surface area contributed by atoms with Crippen LogP contribution >= 0.6 is 0 Å². The van der Waals surface area contributed by atoms with Gasteiger partial charge >= 0.3 is 0 Å². The average molecular weight is 355 g/mol. The molecule has 26 heavy (non-hydrogen) atoms. The third kappa shape index (κ3) is 4.45. The van der Waals surface area contributed by atoms with E-state index in [-0.39, 0.29) is 5.91 Å². The van der Waals surface area contributed by atoms with Gasteiger partial charge in [0.25, 0.3) is 5.91 Å². The summed E-state index contributed by atoms with van der Waals surface area (Å²) < 4.78 is 10.4. The molecule has 138 valence electrons. The number of aromatic nitrogens is 1. The van der Waals surface area contributed by atoms with Gasteiger partial charge in [-0.1, -0.05) is 19.3 Å². The highest BCUT2D eigenvalue weighted by molar-refractivity contribution is 6.04. The van der Waals surface area contributed by atoms with E-state index in [0.29, 0.717) is 28.9 Å². The van der Waals surface area contributed by atoms with Crippen molar-refractivity contribution in [2.24, 2.45) is 0 Å². The molecular weight excluding hydrogens is 330 g/mol. The molecule has 1 aromatic heterocycles. The maximum absolute atomic E-state index is 12.4. The molecule has 1 heterocycles. The van der Waals surface area contributed by atoms with E-state index in [0.717, 1.165) is 5.69 Å². The van der Waals surface area contributed by atoms with Crippen molar-refractivity contribution in [1.29, 1.82) is 0 Å². The maximum atomic E-state index is 12.4. The average Bonchev–Trinajstić information content (AvgIpc) is 2.69. The van der Waals surface area contributed by atoms with Crippen LogP contribution in [0.3, 0.4) is 0 Å². The first-order valence-electron chi connectivity index (χ1n) is 8.95. The second kappa shape index (κ2) is 8.56. The van der Waals surface area contributed by atoms with E-state index >= 15 is 0 Å². The summed E-state index contributed by atoms with van der Waals surface area (Å²) in [7, 11) is 3.10. The number of anilines is 2. The zero-order valence-corrected chi connectivity index (χ0v) is 15.2. The highest BCUT2D eigenvalue weighted by atomic mass is 16.5. The lowest BCUT2D eigenvalue weighted by Crippen LogP contribution is -2.22. The first kappa shape index (κ1) is 18.0. The lowest BCUT2D eigenvalue weighted by atomic mass is 9.95. The van der Waals surface area contributed by atoms with Gasteiger partial charge in [-0.25, -0.2) is 4.98 Å². The number of pyridine rings is 1. The van der Waals surface area contributed by atoms with E-state index in [9.17, 15) is 4.79 Å². The van der Waals surface area contributed by atoms with Gasteiger partial charge in [0.05, 0.1) is 26.1 Å². The molecule has 1 fully saturated rings. The second-order valence-electron chi connectivity index (χ2n) is 6.44. The number of nitrogens with one attached hydrogen (secondary N) is 2. The van der Waals surface area contributed by atoms with Crippen LogP contribution in [-0.2, 0) is 0 Å². The number of benzene rings is 1. The number of hydrogen-bond acceptors (Lipinski definition) is 5. The molecule has 0 unspecified atom stereocenters. The van der Waals surface area contributed by atoms with Crippen molar-refractivity contribution >= 4 is 17.4 Å². The van der Waals surface area contributed by atoms with Gasteiger partial charge in [0.2, 0.25) is 0 Å². The standard InChI is InChI=1S/C20H25N3O3/c1-25-17-10-8-14(12-18(17)26-2)20(24)23-19-11-9-16(13-21-19)22-15-6-4-3-5-7-15/h8-13,15,22H,3-7H2,1-2H3,(H,21,23,24). The SMILES string of the molecule is COc1ccc(C(=O)Nc2ccc(NC3CCCCC3)cn2)cc1OC. The molecule has 0 radical (unpaired) electrons. The summed E-state index contributed by atoms with van der Waals surface area (Å²) in [4.78, 5) is 16.8. The Morgan fingerprint density at radius 3 is 2.46 bits per heavy atom. The van der Waals surface area contributed by atoms with E-state index in [2.05, 4.69) is 15.6 Å². The van der Waals surface area contributed by atoms with Crippen LogP contribution in [0.15, 0.2) is 36.5 Å². The van der Waals surface area contributed by atoms with Crippen LogP contribution in [0, 0.1) is 0 Å². The van der Waals surface area contributed by atoms with Gasteiger partial charge in [-0.15, -0.1) is 0 Å². The van der Waals surface area contributed by atoms with Crippen molar-refractivity contribution in [1.82, 2.24) is 4.98 Å². The van der Waals surface area contributed by atoms with Crippen molar-refractivity contribution in [3.63, 3.8) is 0 Å². The van der Waals surface area contributed by atoms with Gasteiger partial charge in [0.15, 0.2) is 11.5 Å². The number of carbonyl (C=O) groups is 1. The van der Waals surface area contributed by atoms with Gasteiger partial charge in [-0.2, -0.15) is 0 Å². The molecule has 0 aliphatic heterocycles. The maximum Gasteiger partial charge on any atom is 0.256 e. The van der Waals surface area contributed by atoms with Gasteiger partial charge in [0, 0.05) is 11.6 Å². The lowest BCUT2D eigenvalue weighted by Gasteiger charge is -2.23. The summed E-state index contributed by atoms with van der Waals surface area (Å²) >= 11 is 0. The molecule has 0 spiro atoms. The molecule has 0 atom stereocenters. The van der Waals surface area contributed by atoms with Crippen molar-refractivity contribution < 1.29 is 14.3 Å². The molecule has 0 saturated heterocycles. The molecule has 1 amide bonds. The van der Waals surface area contributed by atoms with Crippen LogP contribution in [0.5, 0.6) is 11.5 Å². The number of nitrogens with zero attached hydrogens (tertiary/aromatic N) is 1. The van der Waals surface area contributed by atoms with E-state index < -0.39 is 0 Å². The molecule has 0 bridgehead atoms. The Bertz CT molecular complexity index is 740. The zero-order valence-electron chi connectivity index (χ0n) is 15.2. The van der Waals surface area contributed by atoms with Gasteiger partial charge in [-0.3, -0.25) is 4.79 Å². The predicted octanol–water partition coefficient (Wildman–Crippen LogP) is 4.10. The largest absolute Gasteiger partial charge is 0.493 e. The van der Waals surface area contributed by atoms with Crippen LogP contribution in [0.4, 0.5) is 11.5 Å². The molecule has 1 aromatic carbocycles. The summed E-state index contributed by atoms with van der Waals surface area (Å²) in [5.74, 6) is 1.37. The van der Waals surface area contributed by atoms with Gasteiger partial charge in [-0.05, 0) is 43.2 Å². The van der Waals surface area contributed by atoms with Crippen LogP contribution in [0.1, 0.15) is 42.5 Å². The zero-order chi connectivity index (χ0) is 18.4. The van der Waals surface area contributed by atoms with Crippen LogP contribution in [0.2, 0.25) is 0 Å². The number of methoxy groups -OCH3 is 2. The van der Waals surface area contributed by atoms with E-state index in [1.807, 2.05) is 12.1 Å². The Morgan fingerprint density at radius 2 is 1.81 bits per heavy atom. The summed E-state index contributed by atoms with van der Waals surface area (Å²) in [5.41, 5.74) is 1.47. The first-order valence-corrected chi connectivity index (χ1v) is 8.95. The van der Waals surface area contributed by atoms with Crippen LogP contribution < -0.4 is 20.1 Å². The van der Waals surface area contributed by atoms with E-state index in [1.54, 1.807) is 38.6 Å². The Hall–Kier alpha value is -2.76. The summed E-state index contributed by atoms with van der Waals surface area (Å²) in [6, 6.07) is 9.33. The van der Waals surface area contributed by atoms with Gasteiger partial charge in [0.1, 0.15) is 5.82 Å². The van der Waals surface area contributed by atoms with E-state index in [4.69, 9.17) is 9.47 Å². The second-order valence-corrected chi connectivity index (χ2v) is 6.44. The van der Waals surface area contributed by atoms with Crippen molar-refractivity contribution in [3.05, 3.63) is 42.1 Å². The monoisotopic (exact) mass is 355 g/mol. The fourth-order valence-electron chi connectivity index (χ4n) is 3.20. The third-order valence-corrected chi connectivity index (χ3v) is 4.63. The highest BCUT2D eigenvalue weighted by Crippen LogP contribution is 2.28. The Labute approximate surface area is 153 Å². The quantitative estimate of drug-likeness (QED) is 0.816. The Kier molecular flexibility index (Phi) is 5.94. The van der Waals surface area contributed by atoms with Crippen molar-refractivity contribution in [2.75, 3.05) is 24.9 Å². The number of carbonyl (C=O) groups excluding carboxylic acids is 1. The first-order chi connectivity index (χ1) is 12.7. The fraction of sp³-hybridized carbons (Fsp3) is 0.400. The van der Waals surface area contributed by atoms with Crippen molar-refractivity contribution in [2.45, 2.75) is 38.1 Å². The van der Waals surface area contributed by atoms with Crippen LogP contribution in [-0.4, -0.2) is 31.2 Å². The molecule has 1 aliphatic rings. The molecular formula is C20H25N3O3. The number of rotatable bonds is 6. The Balaban J connectivity index is 1.62. The summed E-state index contributed by atoms with van der Waals surface area (Å²) in [6.45, 7) is 0. The highest BCUT2D eigenvalue weighted by Gasteiger charge is 2.14. The normalized spacial score (nSPS) is 14.5. The third-order valence-electron chi connectivity index (χ3n) is 4.63. The number of hydrogen-bond donors (Lipinski definition) is 2. The molecule has 3 rings (SSSR count). The summed E-state index contributed by atoms with van der Waals surface area (Å²) in [6.07, 6.45) is 8.07. The summed E-state index contributed by atoms with van der Waals surface area (Å²) in [5, 5.41) is 6.32. The van der Waals surface area contributed by atoms with Crippen LogP contribution in [0.25, 0.3) is 0 Å². The smallest absolute Gasteiger partial charge is 0.256 e. The molecule has 2 aromatic rings. The minimum Gasteiger partial charge on any atom is -0.493 e. The molecule has 6 heteroatoms. The molecule has 1 saturated carbocycles. The minimum absolute atomic E-state index is 0.244. The van der Waals surface area contributed by atoms with Gasteiger partial charge < -0.3 is 20.1 Å². The predicted molar refractivity (Wildman–Crippen MR) is 102 cm³/mol. The minimum atomic E-state index is -0.244. The molecule has 2 N–H and O–H groups in total. The number of amides is 1. The number of ether oxygens (including phenoxy) is 2.